The highest BCUT2D eigenvalue weighted by Crippen LogP contribution is 2.22. The summed E-state index contributed by atoms with van der Waals surface area (Å²) in [6.07, 6.45) is 2.80. The van der Waals surface area contributed by atoms with Crippen molar-refractivity contribution < 1.29 is 9.32 Å². The lowest BCUT2D eigenvalue weighted by Gasteiger charge is -2.16. The topological polar surface area (TPSA) is 120 Å². The third-order valence-electron chi connectivity index (χ3n) is 3.22. The summed E-state index contributed by atoms with van der Waals surface area (Å²) in [5.41, 5.74) is 6.45. The highest BCUT2D eigenvalue weighted by atomic mass is 35.5. The summed E-state index contributed by atoms with van der Waals surface area (Å²) >= 11 is 5.92. The number of anilines is 1. The molecule has 0 saturated heterocycles. The number of carbonyl (C=O) groups excluding carboxylic acids is 1. The number of amides is 1. The van der Waals surface area contributed by atoms with Crippen LogP contribution < -0.4 is 11.1 Å². The minimum absolute atomic E-state index is 0.0247. The van der Waals surface area contributed by atoms with E-state index in [9.17, 15) is 4.79 Å². The van der Waals surface area contributed by atoms with Crippen molar-refractivity contribution in [3.05, 3.63) is 64.7 Å². The monoisotopic (exact) mass is 344 g/mol. The fourth-order valence-corrected chi connectivity index (χ4v) is 2.23. The van der Waals surface area contributed by atoms with E-state index in [1.165, 1.54) is 12.4 Å². The van der Waals surface area contributed by atoms with Gasteiger partial charge in [-0.3, -0.25) is 4.79 Å². The first-order chi connectivity index (χ1) is 11.5. The zero-order valence-electron chi connectivity index (χ0n) is 12.6. The number of benzene rings is 1. The van der Waals surface area contributed by atoms with Gasteiger partial charge in [0.05, 0.1) is 0 Å². The van der Waals surface area contributed by atoms with Gasteiger partial charge in [0.15, 0.2) is 17.3 Å². The number of nitrogens with two attached hydrogens (primary N) is 1. The zero-order chi connectivity index (χ0) is 17.1. The molecule has 2 heterocycles. The molecule has 0 radical (unpaired) electrons. The SMILES string of the molecule is Cc1nc([C@@H](NC(=O)c2nccnc2N)c2ccc(Cl)cc2)no1. The zero-order valence-corrected chi connectivity index (χ0v) is 13.4. The number of hydrogen-bond donors (Lipinski definition) is 2. The van der Waals surface area contributed by atoms with Gasteiger partial charge >= 0.3 is 0 Å². The maximum absolute atomic E-state index is 12.5. The molecule has 3 N–H and O–H groups in total. The summed E-state index contributed by atoms with van der Waals surface area (Å²) < 4.78 is 5.01. The Labute approximate surface area is 142 Å². The molecule has 0 fully saturated rings. The molecule has 1 aromatic carbocycles. The first-order valence-corrected chi connectivity index (χ1v) is 7.35. The van der Waals surface area contributed by atoms with Crippen LogP contribution in [0.4, 0.5) is 5.82 Å². The largest absolute Gasteiger partial charge is 0.382 e. The highest BCUT2D eigenvalue weighted by Gasteiger charge is 2.24. The van der Waals surface area contributed by atoms with Crippen molar-refractivity contribution in [3.8, 4) is 0 Å². The third kappa shape index (κ3) is 3.33. The van der Waals surface area contributed by atoms with Crippen LogP contribution in [0.25, 0.3) is 0 Å². The van der Waals surface area contributed by atoms with Gasteiger partial charge in [-0.05, 0) is 17.7 Å². The van der Waals surface area contributed by atoms with Gasteiger partial charge < -0.3 is 15.6 Å². The molecule has 0 bridgehead atoms. The second-order valence-corrected chi connectivity index (χ2v) is 5.36. The van der Waals surface area contributed by atoms with Crippen LogP contribution in [0.5, 0.6) is 0 Å². The Balaban J connectivity index is 1.95. The number of halogens is 1. The van der Waals surface area contributed by atoms with E-state index >= 15 is 0 Å². The van der Waals surface area contributed by atoms with Gasteiger partial charge in [0.2, 0.25) is 5.89 Å². The van der Waals surface area contributed by atoms with Gasteiger partial charge in [0.25, 0.3) is 5.91 Å². The molecule has 0 aliphatic carbocycles. The molecular weight excluding hydrogens is 332 g/mol. The second-order valence-electron chi connectivity index (χ2n) is 4.92. The summed E-state index contributed by atoms with van der Waals surface area (Å²) in [5.74, 6) is 0.236. The molecule has 2 aromatic heterocycles. The van der Waals surface area contributed by atoms with Crippen LogP contribution in [0.3, 0.4) is 0 Å². The minimum atomic E-state index is -0.645. The normalized spacial score (nSPS) is 11.9. The number of aryl methyl sites for hydroxylation is 1. The number of carbonyl (C=O) groups is 1. The molecule has 122 valence electrons. The van der Waals surface area contributed by atoms with E-state index in [0.29, 0.717) is 16.7 Å². The van der Waals surface area contributed by atoms with Gasteiger partial charge in [0, 0.05) is 24.3 Å². The van der Waals surface area contributed by atoms with Gasteiger partial charge in [-0.2, -0.15) is 4.98 Å². The maximum atomic E-state index is 12.5. The van der Waals surface area contributed by atoms with Crippen molar-refractivity contribution in [2.24, 2.45) is 0 Å². The molecule has 0 aliphatic rings. The smallest absolute Gasteiger partial charge is 0.274 e. The van der Waals surface area contributed by atoms with E-state index in [-0.39, 0.29) is 11.5 Å². The fourth-order valence-electron chi connectivity index (χ4n) is 2.11. The molecule has 8 nitrogen and oxygen atoms in total. The van der Waals surface area contributed by atoms with Crippen LogP contribution in [0, 0.1) is 6.92 Å². The van der Waals surface area contributed by atoms with E-state index in [1.54, 1.807) is 31.2 Å². The standard InChI is InChI=1S/C15H13ClN6O2/c1-8-20-14(22-24-8)11(9-2-4-10(16)5-3-9)21-15(23)12-13(17)19-7-6-18-12/h2-7,11H,1H3,(H2,17,19)(H,21,23)/t11-/m0/s1. The molecule has 9 heteroatoms. The molecule has 1 atom stereocenters. The average molecular weight is 345 g/mol. The Morgan fingerprint density at radius 2 is 1.96 bits per heavy atom. The van der Waals surface area contributed by atoms with Crippen LogP contribution in [-0.2, 0) is 0 Å². The van der Waals surface area contributed by atoms with Crippen molar-refractivity contribution in [2.45, 2.75) is 13.0 Å². The van der Waals surface area contributed by atoms with Gasteiger partial charge in [-0.25, -0.2) is 9.97 Å². The lowest BCUT2D eigenvalue weighted by Crippen LogP contribution is -2.31. The van der Waals surface area contributed by atoms with Crippen molar-refractivity contribution in [1.29, 1.82) is 0 Å². The second kappa shape index (κ2) is 6.63. The average Bonchev–Trinajstić information content (AvgIpc) is 3.00. The molecule has 24 heavy (non-hydrogen) atoms. The molecule has 0 spiro atoms. The summed E-state index contributed by atoms with van der Waals surface area (Å²) in [6, 6.07) is 6.30. The highest BCUT2D eigenvalue weighted by molar-refractivity contribution is 6.30. The number of nitrogen functional groups attached to an aromatic ring is 1. The van der Waals surface area contributed by atoms with Crippen molar-refractivity contribution in [2.75, 3.05) is 5.73 Å². The number of nitrogens with zero attached hydrogens (tertiary/aromatic N) is 4. The van der Waals surface area contributed by atoms with Crippen molar-refractivity contribution >= 4 is 23.3 Å². The van der Waals surface area contributed by atoms with Crippen molar-refractivity contribution in [1.82, 2.24) is 25.4 Å². The number of nitrogens with one attached hydrogen (secondary N) is 1. The van der Waals surface area contributed by atoms with Crippen molar-refractivity contribution in [3.63, 3.8) is 0 Å². The molecule has 1 amide bonds. The Bertz CT molecular complexity index is 864. The lowest BCUT2D eigenvalue weighted by molar-refractivity contribution is 0.0937. The molecular formula is C15H13ClN6O2. The van der Waals surface area contributed by atoms with E-state index in [1.807, 2.05) is 0 Å². The molecule has 3 rings (SSSR count). The number of aromatic nitrogens is 4. The number of rotatable bonds is 4. The van der Waals surface area contributed by atoms with Crippen LogP contribution in [0.1, 0.15) is 33.8 Å². The van der Waals surface area contributed by atoms with E-state index < -0.39 is 11.9 Å². The van der Waals surface area contributed by atoms with Gasteiger partial charge in [-0.15, -0.1) is 0 Å². The first kappa shape index (κ1) is 15.9. The Kier molecular flexibility index (Phi) is 4.39. The Morgan fingerprint density at radius 3 is 2.58 bits per heavy atom. The molecule has 0 aliphatic heterocycles. The van der Waals surface area contributed by atoms with E-state index in [4.69, 9.17) is 21.9 Å². The van der Waals surface area contributed by atoms with Gasteiger partial charge in [-0.1, -0.05) is 28.9 Å². The quantitative estimate of drug-likeness (QED) is 0.741. The summed E-state index contributed by atoms with van der Waals surface area (Å²) in [6.45, 7) is 1.66. The maximum Gasteiger partial charge on any atom is 0.274 e. The fraction of sp³-hybridized carbons (Fsp3) is 0.133. The Hall–Kier alpha value is -3.00. The molecule has 3 aromatic rings. The predicted octanol–water partition coefficient (Wildman–Crippen LogP) is 1.92. The van der Waals surface area contributed by atoms with E-state index in [2.05, 4.69) is 25.4 Å². The van der Waals surface area contributed by atoms with Crippen LogP contribution in [0.2, 0.25) is 5.02 Å². The minimum Gasteiger partial charge on any atom is -0.382 e. The predicted molar refractivity (Wildman–Crippen MR) is 86.2 cm³/mol. The first-order valence-electron chi connectivity index (χ1n) is 6.97. The van der Waals surface area contributed by atoms with Crippen LogP contribution in [0.15, 0.2) is 41.2 Å². The van der Waals surface area contributed by atoms with Crippen LogP contribution in [-0.4, -0.2) is 26.0 Å². The summed E-state index contributed by atoms with van der Waals surface area (Å²) in [7, 11) is 0. The molecule has 0 saturated carbocycles. The lowest BCUT2D eigenvalue weighted by atomic mass is 10.1. The summed E-state index contributed by atoms with van der Waals surface area (Å²) in [4.78, 5) is 24.5. The number of hydrogen-bond acceptors (Lipinski definition) is 7. The Morgan fingerprint density at radius 1 is 1.25 bits per heavy atom. The van der Waals surface area contributed by atoms with E-state index in [0.717, 1.165) is 5.56 Å². The summed E-state index contributed by atoms with van der Waals surface area (Å²) in [5, 5.41) is 7.25. The molecule has 0 unspecified atom stereocenters. The third-order valence-corrected chi connectivity index (χ3v) is 3.47. The van der Waals surface area contributed by atoms with Gasteiger partial charge in [0.1, 0.15) is 6.04 Å². The van der Waals surface area contributed by atoms with Crippen LogP contribution >= 0.6 is 11.6 Å².